The lowest BCUT2D eigenvalue weighted by atomic mass is 10.2. The van der Waals surface area contributed by atoms with E-state index in [9.17, 15) is 0 Å². The molecular weight excluding hydrogens is 220 g/mol. The summed E-state index contributed by atoms with van der Waals surface area (Å²) in [4.78, 5) is 4.29. The Morgan fingerprint density at radius 3 is 2.69 bits per heavy atom. The van der Waals surface area contributed by atoms with Gasteiger partial charge >= 0.3 is 0 Å². The summed E-state index contributed by atoms with van der Waals surface area (Å²) in [7, 11) is 1.96. The molecule has 0 saturated heterocycles. The normalized spacial score (nSPS) is 10.9. The summed E-state index contributed by atoms with van der Waals surface area (Å²) in [6.45, 7) is 2.31. The van der Waals surface area contributed by atoms with Gasteiger partial charge in [-0.15, -0.1) is 0 Å². The summed E-state index contributed by atoms with van der Waals surface area (Å²) in [5.41, 5.74) is 0.883. The quantitative estimate of drug-likeness (QED) is 0.562. The van der Waals surface area contributed by atoms with Crippen molar-refractivity contribution in [3.05, 3.63) is 11.9 Å². The Hall–Kier alpha value is -0.480. The van der Waals surface area contributed by atoms with Crippen molar-refractivity contribution in [2.45, 2.75) is 50.8 Å². The van der Waals surface area contributed by atoms with E-state index in [1.807, 2.05) is 11.6 Å². The fourth-order valence-electron chi connectivity index (χ4n) is 1.58. The van der Waals surface area contributed by atoms with Gasteiger partial charge in [0.2, 0.25) is 0 Å². The number of imidazole rings is 1. The zero-order valence-electron chi connectivity index (χ0n) is 10.3. The fraction of sp³-hybridized carbons (Fsp3) is 0.750. The van der Waals surface area contributed by atoms with Crippen LogP contribution in [-0.2, 0) is 13.7 Å². The molecule has 16 heavy (non-hydrogen) atoms. The zero-order chi connectivity index (χ0) is 11.8. The Morgan fingerprint density at radius 1 is 1.31 bits per heavy atom. The second-order valence-corrected chi connectivity index (χ2v) is 5.07. The van der Waals surface area contributed by atoms with Crippen LogP contribution in [0.3, 0.4) is 0 Å². The molecule has 1 N–H and O–H groups in total. The van der Waals surface area contributed by atoms with Gasteiger partial charge in [-0.1, -0.05) is 44.4 Å². The first-order valence-corrected chi connectivity index (χ1v) is 7.02. The second-order valence-electron chi connectivity index (χ2n) is 4.01. The van der Waals surface area contributed by atoms with Crippen LogP contribution in [0.15, 0.2) is 11.4 Å². The van der Waals surface area contributed by atoms with Gasteiger partial charge in [0, 0.05) is 12.8 Å². The van der Waals surface area contributed by atoms with Crippen LogP contribution >= 0.6 is 11.8 Å². The lowest BCUT2D eigenvalue weighted by Gasteiger charge is -2.03. The molecule has 0 aromatic carbocycles. The zero-order valence-corrected chi connectivity index (χ0v) is 11.1. The molecule has 0 spiro atoms. The van der Waals surface area contributed by atoms with E-state index in [0.717, 1.165) is 16.6 Å². The van der Waals surface area contributed by atoms with Crippen LogP contribution in [0.4, 0.5) is 0 Å². The van der Waals surface area contributed by atoms with Gasteiger partial charge in [-0.25, -0.2) is 4.98 Å². The van der Waals surface area contributed by atoms with Crippen molar-refractivity contribution >= 4 is 11.8 Å². The fourth-order valence-corrected chi connectivity index (χ4v) is 2.55. The molecule has 0 atom stereocenters. The lowest BCUT2D eigenvalue weighted by molar-refractivity contribution is 0.271. The maximum atomic E-state index is 9.03. The predicted molar refractivity (Wildman–Crippen MR) is 68.6 cm³/mol. The Bertz CT molecular complexity index is 299. The highest BCUT2D eigenvalue weighted by Gasteiger charge is 2.05. The van der Waals surface area contributed by atoms with Gasteiger partial charge in [-0.2, -0.15) is 0 Å². The minimum absolute atomic E-state index is 0.0700. The predicted octanol–water partition coefficient (Wildman–Crippen LogP) is 2.97. The van der Waals surface area contributed by atoms with E-state index < -0.39 is 0 Å². The first kappa shape index (κ1) is 13.6. The van der Waals surface area contributed by atoms with E-state index in [0.29, 0.717) is 0 Å². The molecule has 0 unspecified atom stereocenters. The maximum absolute atomic E-state index is 9.03. The number of rotatable bonds is 8. The molecule has 1 heterocycles. The van der Waals surface area contributed by atoms with Crippen molar-refractivity contribution in [1.82, 2.24) is 9.55 Å². The van der Waals surface area contributed by atoms with Gasteiger partial charge in [0.25, 0.3) is 0 Å². The smallest absolute Gasteiger partial charge is 0.167 e. The molecule has 0 aliphatic heterocycles. The molecule has 1 aromatic heterocycles. The molecule has 4 heteroatoms. The number of aliphatic hydroxyl groups excluding tert-OH is 1. The minimum atomic E-state index is 0.0700. The van der Waals surface area contributed by atoms with Crippen molar-refractivity contribution in [2.75, 3.05) is 5.75 Å². The molecule has 0 bridgehead atoms. The highest BCUT2D eigenvalue weighted by atomic mass is 32.2. The average Bonchev–Trinajstić information content (AvgIpc) is 2.65. The van der Waals surface area contributed by atoms with E-state index in [-0.39, 0.29) is 6.61 Å². The van der Waals surface area contributed by atoms with Crippen LogP contribution in [-0.4, -0.2) is 20.4 Å². The molecule has 1 rings (SSSR count). The van der Waals surface area contributed by atoms with Gasteiger partial charge in [0.05, 0.1) is 18.5 Å². The van der Waals surface area contributed by atoms with Crippen molar-refractivity contribution in [2.24, 2.45) is 7.05 Å². The minimum Gasteiger partial charge on any atom is -0.390 e. The van der Waals surface area contributed by atoms with Crippen molar-refractivity contribution in [3.8, 4) is 0 Å². The third-order valence-electron chi connectivity index (χ3n) is 2.68. The summed E-state index contributed by atoms with van der Waals surface area (Å²) in [5.74, 6) is 1.12. The monoisotopic (exact) mass is 242 g/mol. The molecule has 0 aliphatic carbocycles. The van der Waals surface area contributed by atoms with E-state index in [1.165, 1.54) is 32.1 Å². The summed E-state index contributed by atoms with van der Waals surface area (Å²) < 4.78 is 1.97. The Kier molecular flexibility index (Phi) is 6.57. The number of aliphatic hydroxyl groups is 1. The van der Waals surface area contributed by atoms with E-state index in [2.05, 4.69) is 11.9 Å². The molecule has 0 aliphatic rings. The highest BCUT2D eigenvalue weighted by Crippen LogP contribution is 2.19. The summed E-state index contributed by atoms with van der Waals surface area (Å²) >= 11 is 1.78. The average molecular weight is 242 g/mol. The number of thioether (sulfide) groups is 1. The van der Waals surface area contributed by atoms with Crippen molar-refractivity contribution < 1.29 is 5.11 Å². The number of hydrogen-bond donors (Lipinski definition) is 1. The van der Waals surface area contributed by atoms with Gasteiger partial charge in [-0.3, -0.25) is 0 Å². The highest BCUT2D eigenvalue weighted by molar-refractivity contribution is 7.99. The Labute approximate surface area is 102 Å². The second kappa shape index (κ2) is 7.74. The van der Waals surface area contributed by atoms with Gasteiger partial charge < -0.3 is 9.67 Å². The molecule has 0 fully saturated rings. The van der Waals surface area contributed by atoms with Gasteiger partial charge in [0.1, 0.15) is 0 Å². The molecule has 3 nitrogen and oxygen atoms in total. The molecule has 1 aromatic rings. The summed E-state index contributed by atoms with van der Waals surface area (Å²) in [6, 6.07) is 0. The number of aromatic nitrogens is 2. The number of hydrogen-bond acceptors (Lipinski definition) is 3. The molecule has 92 valence electrons. The molecule has 0 saturated carbocycles. The lowest BCUT2D eigenvalue weighted by Crippen LogP contribution is -1.97. The number of unbranched alkanes of at least 4 members (excludes halogenated alkanes) is 4. The molecule has 0 radical (unpaired) electrons. The van der Waals surface area contributed by atoms with Gasteiger partial charge in [0.15, 0.2) is 5.16 Å². The SMILES string of the molecule is CCCCCCCSc1ncc(CO)n1C. The Morgan fingerprint density at radius 2 is 2.06 bits per heavy atom. The van der Waals surface area contributed by atoms with Crippen LogP contribution in [0.5, 0.6) is 0 Å². The standard InChI is InChI=1S/C12H22N2OS/c1-3-4-5-6-7-8-16-12-13-9-11(10-15)14(12)2/h9,15H,3-8,10H2,1-2H3. The third kappa shape index (κ3) is 4.18. The summed E-state index contributed by atoms with van der Waals surface area (Å²) in [6.07, 6.45) is 8.32. The van der Waals surface area contributed by atoms with Crippen LogP contribution < -0.4 is 0 Å². The van der Waals surface area contributed by atoms with Crippen LogP contribution in [0.25, 0.3) is 0 Å². The first-order valence-electron chi connectivity index (χ1n) is 6.03. The number of nitrogens with zero attached hydrogens (tertiary/aromatic N) is 2. The topological polar surface area (TPSA) is 38.1 Å². The summed E-state index contributed by atoms with van der Waals surface area (Å²) in [5, 5.41) is 10.0. The molecule has 0 amide bonds. The van der Waals surface area contributed by atoms with E-state index >= 15 is 0 Å². The van der Waals surface area contributed by atoms with Crippen LogP contribution in [0.1, 0.15) is 44.7 Å². The van der Waals surface area contributed by atoms with Crippen LogP contribution in [0.2, 0.25) is 0 Å². The van der Waals surface area contributed by atoms with Gasteiger partial charge in [-0.05, 0) is 6.42 Å². The largest absolute Gasteiger partial charge is 0.390 e. The van der Waals surface area contributed by atoms with E-state index in [1.54, 1.807) is 18.0 Å². The van der Waals surface area contributed by atoms with Crippen LogP contribution in [0, 0.1) is 0 Å². The van der Waals surface area contributed by atoms with Crippen molar-refractivity contribution in [1.29, 1.82) is 0 Å². The Balaban J connectivity index is 2.19. The molecular formula is C12H22N2OS. The third-order valence-corrected chi connectivity index (χ3v) is 3.81. The first-order chi connectivity index (χ1) is 7.79. The maximum Gasteiger partial charge on any atom is 0.167 e. The van der Waals surface area contributed by atoms with E-state index in [4.69, 9.17) is 5.11 Å². The van der Waals surface area contributed by atoms with Crippen molar-refractivity contribution in [3.63, 3.8) is 0 Å².